The number of anilines is 1. The van der Waals surface area contributed by atoms with Gasteiger partial charge >= 0.3 is 5.97 Å². The van der Waals surface area contributed by atoms with Crippen molar-refractivity contribution in [1.29, 1.82) is 0 Å². The molecule has 2 aliphatic rings. The van der Waals surface area contributed by atoms with Crippen LogP contribution in [0.5, 0.6) is 0 Å². The lowest BCUT2D eigenvalue weighted by Gasteiger charge is -2.24. The molecule has 2 fully saturated rings. The summed E-state index contributed by atoms with van der Waals surface area (Å²) in [7, 11) is 0. The molecule has 2 saturated heterocycles. The smallest absolute Gasteiger partial charge is 0.337 e. The Labute approximate surface area is 132 Å². The van der Waals surface area contributed by atoms with Crippen molar-refractivity contribution in [3.8, 4) is 0 Å². The molecule has 0 aliphatic carbocycles. The maximum absolute atomic E-state index is 12.3. The number of hydrogen-bond donors (Lipinski definition) is 3. The third kappa shape index (κ3) is 2.91. The Balaban J connectivity index is 1.59. The fraction of sp³-hybridized carbons (Fsp3) is 0.571. The number of carboxylic acid groups (broad SMARTS) is 1. The van der Waals surface area contributed by atoms with E-state index in [1.807, 2.05) is 0 Å². The molecule has 0 spiro atoms. The molecule has 124 valence electrons. The van der Waals surface area contributed by atoms with Crippen molar-refractivity contribution < 1.29 is 24.2 Å². The normalized spacial score (nSPS) is 27.4. The van der Waals surface area contributed by atoms with Crippen molar-refractivity contribution in [2.45, 2.75) is 24.9 Å². The molecule has 2 unspecified atom stereocenters. The Kier molecular flexibility index (Phi) is 4.03. The number of aliphatic carboxylic acids is 1. The number of carbonyl (C=O) groups excluding carboxylic acids is 2. The minimum Gasteiger partial charge on any atom is -0.479 e. The molecule has 2 atom stereocenters. The molecule has 0 saturated carbocycles. The van der Waals surface area contributed by atoms with E-state index in [0.29, 0.717) is 25.1 Å². The lowest BCUT2D eigenvalue weighted by Crippen LogP contribution is -2.49. The zero-order valence-electron chi connectivity index (χ0n) is 12.4. The molecule has 3 N–H and O–H groups in total. The van der Waals surface area contributed by atoms with Gasteiger partial charge in [-0.2, -0.15) is 5.10 Å². The van der Waals surface area contributed by atoms with Crippen LogP contribution in [0.3, 0.4) is 0 Å². The number of H-pyrrole nitrogens is 1. The number of amides is 2. The van der Waals surface area contributed by atoms with Crippen molar-refractivity contribution >= 4 is 23.5 Å². The van der Waals surface area contributed by atoms with E-state index in [-0.39, 0.29) is 31.3 Å². The maximum Gasteiger partial charge on any atom is 0.337 e. The van der Waals surface area contributed by atoms with E-state index in [4.69, 9.17) is 4.74 Å². The van der Waals surface area contributed by atoms with E-state index in [2.05, 4.69) is 15.5 Å². The number of ether oxygens (including phenoxy) is 1. The topological polar surface area (TPSA) is 125 Å². The van der Waals surface area contributed by atoms with Gasteiger partial charge in [-0.3, -0.25) is 14.7 Å². The van der Waals surface area contributed by atoms with Crippen LogP contribution < -0.4 is 10.2 Å². The minimum atomic E-state index is -1.34. The van der Waals surface area contributed by atoms with Gasteiger partial charge in [0, 0.05) is 25.8 Å². The van der Waals surface area contributed by atoms with E-state index in [1.54, 1.807) is 6.20 Å². The molecule has 9 heteroatoms. The summed E-state index contributed by atoms with van der Waals surface area (Å²) >= 11 is 0. The zero-order valence-corrected chi connectivity index (χ0v) is 12.4. The Morgan fingerprint density at radius 2 is 2.39 bits per heavy atom. The zero-order chi connectivity index (χ0) is 16.4. The van der Waals surface area contributed by atoms with Crippen LogP contribution in [0.15, 0.2) is 12.4 Å². The van der Waals surface area contributed by atoms with E-state index in [1.165, 1.54) is 11.1 Å². The van der Waals surface area contributed by atoms with Gasteiger partial charge in [-0.05, 0) is 12.8 Å². The van der Waals surface area contributed by atoms with Crippen LogP contribution in [-0.4, -0.2) is 58.4 Å². The molecule has 2 aliphatic heterocycles. The summed E-state index contributed by atoms with van der Waals surface area (Å²) < 4.78 is 5.31. The van der Waals surface area contributed by atoms with Gasteiger partial charge in [-0.1, -0.05) is 0 Å². The van der Waals surface area contributed by atoms with Crippen molar-refractivity contribution in [3.05, 3.63) is 12.4 Å². The fourth-order valence-corrected chi connectivity index (χ4v) is 2.98. The third-order valence-electron chi connectivity index (χ3n) is 4.33. The molecule has 9 nitrogen and oxygen atoms in total. The maximum atomic E-state index is 12.3. The number of carboxylic acids is 1. The second-order valence-electron chi connectivity index (χ2n) is 5.83. The summed E-state index contributed by atoms with van der Waals surface area (Å²) in [5.74, 6) is -2.07. The Morgan fingerprint density at radius 3 is 3.00 bits per heavy atom. The van der Waals surface area contributed by atoms with Crippen molar-refractivity contribution in [2.75, 3.05) is 24.6 Å². The van der Waals surface area contributed by atoms with Crippen LogP contribution in [0.4, 0.5) is 5.69 Å². The van der Waals surface area contributed by atoms with Gasteiger partial charge in [0.15, 0.2) is 5.60 Å². The van der Waals surface area contributed by atoms with Crippen molar-refractivity contribution in [3.63, 3.8) is 0 Å². The van der Waals surface area contributed by atoms with Gasteiger partial charge in [0.05, 0.1) is 24.3 Å². The molecule has 0 aromatic carbocycles. The summed E-state index contributed by atoms with van der Waals surface area (Å²) in [5, 5.41) is 18.3. The molecule has 3 heterocycles. The van der Waals surface area contributed by atoms with Gasteiger partial charge in [0.2, 0.25) is 11.8 Å². The minimum absolute atomic E-state index is 0.0857. The molecule has 1 aromatic rings. The quantitative estimate of drug-likeness (QED) is 0.672. The second-order valence-corrected chi connectivity index (χ2v) is 5.83. The SMILES string of the molecule is O=C(NCC1(C(=O)O)CCCO1)C1CC(=O)N(c2cn[nH]c2)C1. The highest BCUT2D eigenvalue weighted by atomic mass is 16.5. The van der Waals surface area contributed by atoms with Crippen molar-refractivity contribution in [1.82, 2.24) is 15.5 Å². The lowest BCUT2D eigenvalue weighted by atomic mass is 9.99. The Morgan fingerprint density at radius 1 is 1.57 bits per heavy atom. The number of hydrogen-bond acceptors (Lipinski definition) is 5. The number of aromatic nitrogens is 2. The summed E-state index contributed by atoms with van der Waals surface area (Å²) in [5.41, 5.74) is -0.728. The van der Waals surface area contributed by atoms with E-state index in [9.17, 15) is 19.5 Å². The van der Waals surface area contributed by atoms with Gasteiger partial charge in [-0.15, -0.1) is 0 Å². The summed E-state index contributed by atoms with van der Waals surface area (Å²) in [6.07, 6.45) is 4.22. The highest BCUT2D eigenvalue weighted by Gasteiger charge is 2.44. The van der Waals surface area contributed by atoms with E-state index >= 15 is 0 Å². The third-order valence-corrected chi connectivity index (χ3v) is 4.33. The Bertz CT molecular complexity index is 609. The standard InChI is InChI=1S/C14H18N4O5/c19-11-4-9(7-18(11)10-5-16-17-6-10)12(20)15-8-14(13(21)22)2-1-3-23-14/h5-6,9H,1-4,7-8H2,(H,15,20)(H,16,17)(H,21,22). The van der Waals surface area contributed by atoms with Gasteiger partial charge in [0.25, 0.3) is 0 Å². The summed E-state index contributed by atoms with van der Waals surface area (Å²) in [6, 6.07) is 0. The number of rotatable bonds is 5. The molecular formula is C14H18N4O5. The first kappa shape index (κ1) is 15.5. The highest BCUT2D eigenvalue weighted by Crippen LogP contribution is 2.27. The first-order chi connectivity index (χ1) is 11.0. The van der Waals surface area contributed by atoms with Gasteiger partial charge < -0.3 is 20.1 Å². The monoisotopic (exact) mass is 322 g/mol. The second kappa shape index (κ2) is 5.99. The number of nitrogens with one attached hydrogen (secondary N) is 2. The number of nitrogens with zero attached hydrogens (tertiary/aromatic N) is 2. The largest absolute Gasteiger partial charge is 0.479 e. The molecule has 1 aromatic heterocycles. The van der Waals surface area contributed by atoms with Crippen LogP contribution >= 0.6 is 0 Å². The van der Waals surface area contributed by atoms with Crippen LogP contribution in [0.25, 0.3) is 0 Å². The summed E-state index contributed by atoms with van der Waals surface area (Å²) in [6.45, 7) is 0.543. The van der Waals surface area contributed by atoms with Crippen LogP contribution in [0, 0.1) is 5.92 Å². The first-order valence-corrected chi connectivity index (χ1v) is 7.46. The number of aromatic amines is 1. The van der Waals surface area contributed by atoms with E-state index < -0.39 is 17.5 Å². The summed E-state index contributed by atoms with van der Waals surface area (Å²) in [4.78, 5) is 37.1. The lowest BCUT2D eigenvalue weighted by molar-refractivity contribution is -0.159. The fourth-order valence-electron chi connectivity index (χ4n) is 2.98. The van der Waals surface area contributed by atoms with Crippen LogP contribution in [0.2, 0.25) is 0 Å². The molecule has 0 bridgehead atoms. The molecule has 3 rings (SSSR count). The number of carbonyl (C=O) groups is 3. The molecule has 23 heavy (non-hydrogen) atoms. The predicted octanol–water partition coefficient (Wildman–Crippen LogP) is -0.487. The molecule has 0 radical (unpaired) electrons. The van der Waals surface area contributed by atoms with Crippen LogP contribution in [-0.2, 0) is 19.1 Å². The average molecular weight is 322 g/mol. The van der Waals surface area contributed by atoms with E-state index in [0.717, 1.165) is 0 Å². The molecular weight excluding hydrogens is 304 g/mol. The van der Waals surface area contributed by atoms with Crippen molar-refractivity contribution in [2.24, 2.45) is 5.92 Å². The van der Waals surface area contributed by atoms with Gasteiger partial charge in [-0.25, -0.2) is 4.79 Å². The van der Waals surface area contributed by atoms with Gasteiger partial charge in [0.1, 0.15) is 0 Å². The predicted molar refractivity (Wildman–Crippen MR) is 77.6 cm³/mol. The van der Waals surface area contributed by atoms with Crippen LogP contribution in [0.1, 0.15) is 19.3 Å². The molecule has 2 amide bonds. The first-order valence-electron chi connectivity index (χ1n) is 7.46. The highest BCUT2D eigenvalue weighted by molar-refractivity contribution is 6.00. The average Bonchev–Trinajstić information content (AvgIpc) is 3.25. The Hall–Kier alpha value is -2.42.